The van der Waals surface area contributed by atoms with E-state index in [-0.39, 0.29) is 27.7 Å². The lowest BCUT2D eigenvalue weighted by atomic mass is 10.0. The van der Waals surface area contributed by atoms with Gasteiger partial charge in [-0.15, -0.1) is 11.6 Å². The Labute approximate surface area is 138 Å². The molecular formula is C15H15ClN2O4S. The van der Waals surface area contributed by atoms with Crippen molar-refractivity contribution >= 4 is 27.2 Å². The van der Waals surface area contributed by atoms with Crippen molar-refractivity contribution < 1.29 is 18.3 Å². The molecule has 0 amide bonds. The molecule has 122 valence electrons. The number of carbonyl (C=O) groups is 1. The first kappa shape index (κ1) is 16.0. The smallest absolute Gasteiger partial charge is 0.220 e. The second-order valence-corrected chi connectivity index (χ2v) is 7.96. The van der Waals surface area contributed by atoms with E-state index in [2.05, 4.69) is 5.10 Å². The highest BCUT2D eigenvalue weighted by Gasteiger charge is 2.30. The highest BCUT2D eigenvalue weighted by molar-refractivity contribution is 7.91. The van der Waals surface area contributed by atoms with Crippen LogP contribution in [0.5, 0.6) is 5.88 Å². The fourth-order valence-electron chi connectivity index (χ4n) is 2.67. The second kappa shape index (κ2) is 5.65. The molecule has 1 unspecified atom stereocenters. The number of sulfone groups is 1. The molecule has 0 radical (unpaired) electrons. The second-order valence-electron chi connectivity index (χ2n) is 5.35. The van der Waals surface area contributed by atoms with Gasteiger partial charge in [-0.3, -0.25) is 4.79 Å². The Morgan fingerprint density at radius 2 is 2.22 bits per heavy atom. The third-order valence-corrected chi connectivity index (χ3v) is 6.21. The minimum absolute atomic E-state index is 0.00547. The van der Waals surface area contributed by atoms with Crippen molar-refractivity contribution in [2.75, 3.05) is 5.75 Å². The average molecular weight is 355 g/mol. The maximum atomic E-state index is 12.5. The van der Waals surface area contributed by atoms with Crippen molar-refractivity contribution in [1.29, 1.82) is 0 Å². The van der Waals surface area contributed by atoms with Gasteiger partial charge in [-0.1, -0.05) is 0 Å². The van der Waals surface area contributed by atoms with Gasteiger partial charge in [0.05, 0.1) is 22.2 Å². The fraction of sp³-hybridized carbons (Fsp3) is 0.333. The van der Waals surface area contributed by atoms with Crippen LogP contribution in [0.15, 0.2) is 29.3 Å². The number of carbonyl (C=O) groups excluding carboxylic acids is 1. The summed E-state index contributed by atoms with van der Waals surface area (Å²) in [5.74, 6) is -0.618. The van der Waals surface area contributed by atoms with Gasteiger partial charge in [0, 0.05) is 12.1 Å². The molecule has 0 fully saturated rings. The summed E-state index contributed by atoms with van der Waals surface area (Å²) in [5.41, 5.74) is 0.792. The van der Waals surface area contributed by atoms with Crippen LogP contribution in [0.2, 0.25) is 0 Å². The standard InChI is InChI=1S/C15H15ClN2O4S/c1-2-18-15(20)11(8-17-18)14(19)9-3-4-13-10(7-9)12(16)5-6-23(13,21)22/h3-4,7-8,12,20H,2,5-6H2,1H3. The molecule has 0 saturated heterocycles. The van der Waals surface area contributed by atoms with Crippen molar-refractivity contribution in [3.63, 3.8) is 0 Å². The normalized spacial score (nSPS) is 19.3. The lowest BCUT2D eigenvalue weighted by molar-refractivity contribution is 0.103. The van der Waals surface area contributed by atoms with Crippen LogP contribution in [-0.2, 0) is 16.4 Å². The molecule has 3 rings (SSSR count). The van der Waals surface area contributed by atoms with Crippen LogP contribution in [0.3, 0.4) is 0 Å². The zero-order valence-corrected chi connectivity index (χ0v) is 13.9. The van der Waals surface area contributed by atoms with Gasteiger partial charge in [0.1, 0.15) is 5.56 Å². The van der Waals surface area contributed by atoms with Crippen LogP contribution in [0.1, 0.15) is 40.2 Å². The molecule has 23 heavy (non-hydrogen) atoms. The van der Waals surface area contributed by atoms with E-state index in [1.54, 1.807) is 6.92 Å². The van der Waals surface area contributed by atoms with E-state index in [0.717, 1.165) is 0 Å². The van der Waals surface area contributed by atoms with E-state index in [9.17, 15) is 18.3 Å². The highest BCUT2D eigenvalue weighted by atomic mass is 35.5. The summed E-state index contributed by atoms with van der Waals surface area (Å²) in [6.07, 6.45) is 1.61. The fourth-order valence-corrected chi connectivity index (χ4v) is 4.75. The largest absolute Gasteiger partial charge is 0.493 e. The van der Waals surface area contributed by atoms with E-state index in [1.807, 2.05) is 0 Å². The van der Waals surface area contributed by atoms with Crippen LogP contribution in [0, 0.1) is 0 Å². The molecule has 1 aliphatic heterocycles. The molecule has 1 aromatic heterocycles. The number of fused-ring (bicyclic) bond motifs is 1. The molecule has 8 heteroatoms. The van der Waals surface area contributed by atoms with Crippen LogP contribution in [0.25, 0.3) is 0 Å². The van der Waals surface area contributed by atoms with Crippen LogP contribution in [-0.4, -0.2) is 34.8 Å². The number of hydrogen-bond donors (Lipinski definition) is 1. The quantitative estimate of drug-likeness (QED) is 0.674. The number of aryl methyl sites for hydroxylation is 1. The Morgan fingerprint density at radius 3 is 2.87 bits per heavy atom. The number of ketones is 1. The van der Waals surface area contributed by atoms with Gasteiger partial charge >= 0.3 is 0 Å². The molecule has 0 spiro atoms. The maximum Gasteiger partial charge on any atom is 0.220 e. The number of aromatic hydroxyl groups is 1. The van der Waals surface area contributed by atoms with E-state index in [0.29, 0.717) is 18.5 Å². The first-order valence-electron chi connectivity index (χ1n) is 7.15. The zero-order chi connectivity index (χ0) is 16.8. The van der Waals surface area contributed by atoms with Crippen molar-refractivity contribution in [3.05, 3.63) is 41.1 Å². The number of benzene rings is 1. The molecule has 1 aromatic carbocycles. The minimum atomic E-state index is -3.35. The number of rotatable bonds is 3. The van der Waals surface area contributed by atoms with Crippen molar-refractivity contribution in [1.82, 2.24) is 9.78 Å². The van der Waals surface area contributed by atoms with E-state index < -0.39 is 21.0 Å². The molecular weight excluding hydrogens is 340 g/mol. The number of nitrogens with zero attached hydrogens (tertiary/aromatic N) is 2. The van der Waals surface area contributed by atoms with E-state index >= 15 is 0 Å². The van der Waals surface area contributed by atoms with Gasteiger partial charge in [-0.05, 0) is 37.1 Å². The molecule has 2 aromatic rings. The van der Waals surface area contributed by atoms with Gasteiger partial charge < -0.3 is 5.11 Å². The van der Waals surface area contributed by atoms with Gasteiger partial charge in [-0.2, -0.15) is 5.10 Å². The molecule has 6 nitrogen and oxygen atoms in total. The lowest BCUT2D eigenvalue weighted by Gasteiger charge is -2.21. The number of hydrogen-bond acceptors (Lipinski definition) is 5. The molecule has 1 N–H and O–H groups in total. The summed E-state index contributed by atoms with van der Waals surface area (Å²) >= 11 is 6.21. The Morgan fingerprint density at radius 1 is 1.48 bits per heavy atom. The average Bonchev–Trinajstić information content (AvgIpc) is 2.91. The summed E-state index contributed by atoms with van der Waals surface area (Å²) in [6, 6.07) is 4.35. The monoisotopic (exact) mass is 354 g/mol. The predicted molar refractivity (Wildman–Crippen MR) is 84.7 cm³/mol. The summed E-state index contributed by atoms with van der Waals surface area (Å²) in [5, 5.41) is 13.5. The third-order valence-electron chi connectivity index (χ3n) is 3.94. The maximum absolute atomic E-state index is 12.5. The van der Waals surface area contributed by atoms with Crippen molar-refractivity contribution in [3.8, 4) is 5.88 Å². The van der Waals surface area contributed by atoms with Gasteiger partial charge in [0.25, 0.3) is 0 Å². The Bertz CT molecular complexity index is 889. The van der Waals surface area contributed by atoms with E-state index in [4.69, 9.17) is 11.6 Å². The van der Waals surface area contributed by atoms with Crippen molar-refractivity contribution in [2.45, 2.75) is 30.2 Å². The SMILES string of the molecule is CCn1ncc(C(=O)c2ccc3c(c2)C(Cl)CCS3(=O)=O)c1O. The number of aromatic nitrogens is 2. The molecule has 0 saturated carbocycles. The first-order chi connectivity index (χ1) is 10.8. The van der Waals surface area contributed by atoms with Crippen LogP contribution in [0.4, 0.5) is 0 Å². The Kier molecular flexibility index (Phi) is 3.93. The molecule has 2 heterocycles. The molecule has 1 aliphatic rings. The summed E-state index contributed by atoms with van der Waals surface area (Å²) in [7, 11) is -3.35. The van der Waals surface area contributed by atoms with E-state index in [1.165, 1.54) is 29.1 Å². The summed E-state index contributed by atoms with van der Waals surface area (Å²) in [6.45, 7) is 2.23. The number of alkyl halides is 1. The highest BCUT2D eigenvalue weighted by Crippen LogP contribution is 2.37. The van der Waals surface area contributed by atoms with Crippen LogP contribution < -0.4 is 0 Å². The Balaban J connectivity index is 2.06. The van der Waals surface area contributed by atoms with Gasteiger partial charge in [0.15, 0.2) is 15.6 Å². The lowest BCUT2D eigenvalue weighted by Crippen LogP contribution is -2.18. The first-order valence-corrected chi connectivity index (χ1v) is 9.24. The topological polar surface area (TPSA) is 89.3 Å². The van der Waals surface area contributed by atoms with Gasteiger partial charge in [-0.25, -0.2) is 13.1 Å². The molecule has 0 bridgehead atoms. The molecule has 0 aliphatic carbocycles. The zero-order valence-electron chi connectivity index (χ0n) is 12.4. The number of halogens is 1. The van der Waals surface area contributed by atoms with Crippen LogP contribution >= 0.6 is 11.6 Å². The summed E-state index contributed by atoms with van der Waals surface area (Å²) in [4.78, 5) is 12.7. The van der Waals surface area contributed by atoms with Crippen molar-refractivity contribution in [2.24, 2.45) is 0 Å². The van der Waals surface area contributed by atoms with Gasteiger partial charge in [0.2, 0.25) is 5.88 Å². The Hall–Kier alpha value is -1.86. The summed E-state index contributed by atoms with van der Waals surface area (Å²) < 4.78 is 25.4. The predicted octanol–water partition coefficient (Wildman–Crippen LogP) is 2.30. The minimum Gasteiger partial charge on any atom is -0.493 e. The molecule has 1 atom stereocenters. The third kappa shape index (κ3) is 2.64.